The molecule has 5 heteroatoms. The predicted octanol–water partition coefficient (Wildman–Crippen LogP) is -0.0801. The van der Waals surface area contributed by atoms with E-state index >= 15 is 0 Å². The van der Waals surface area contributed by atoms with Gasteiger partial charge in [-0.1, -0.05) is 6.58 Å². The van der Waals surface area contributed by atoms with E-state index in [-0.39, 0.29) is 5.06 Å². The number of carbonyl (C=O) groups is 1. The first-order chi connectivity index (χ1) is 3.72. The fourth-order valence-electron chi connectivity index (χ4n) is 0.134. The van der Waals surface area contributed by atoms with E-state index in [9.17, 15) is 4.79 Å². The van der Waals surface area contributed by atoms with Crippen molar-refractivity contribution in [3.05, 3.63) is 12.8 Å². The number of hydrogen-bond acceptors (Lipinski definition) is 3. The van der Waals surface area contributed by atoms with E-state index in [1.165, 1.54) is 5.48 Å². The summed E-state index contributed by atoms with van der Waals surface area (Å²) in [5.74, 6) is 0. The van der Waals surface area contributed by atoms with Crippen LogP contribution < -0.4 is 5.48 Å². The smallest absolute Gasteiger partial charge is 0.287 e. The van der Waals surface area contributed by atoms with Crippen LogP contribution in [0.1, 0.15) is 0 Å². The highest BCUT2D eigenvalue weighted by molar-refractivity contribution is 5.72. The van der Waals surface area contributed by atoms with E-state index in [0.29, 0.717) is 0 Å². The highest BCUT2D eigenvalue weighted by Crippen LogP contribution is 1.78. The number of hydroxylamine groups is 3. The third kappa shape index (κ3) is 1.59. The highest BCUT2D eigenvalue weighted by atomic mass is 16.5. The second-order valence-electron chi connectivity index (χ2n) is 0.944. The van der Waals surface area contributed by atoms with Crippen molar-refractivity contribution in [1.82, 2.24) is 10.5 Å². The van der Waals surface area contributed by atoms with Gasteiger partial charge in [-0.25, -0.2) is 10.3 Å². The van der Waals surface area contributed by atoms with Gasteiger partial charge in [0.15, 0.2) is 0 Å². The van der Waals surface area contributed by atoms with Gasteiger partial charge < -0.3 is 0 Å². The van der Waals surface area contributed by atoms with Gasteiger partial charge in [0.2, 0.25) is 0 Å². The predicted molar refractivity (Wildman–Crippen MR) is 24.1 cm³/mol. The second-order valence-corrected chi connectivity index (χ2v) is 0.944. The lowest BCUT2D eigenvalue weighted by Gasteiger charge is -2.04. The van der Waals surface area contributed by atoms with Crippen LogP contribution in [0.5, 0.6) is 0 Å². The quantitative estimate of drug-likeness (QED) is 0.333. The van der Waals surface area contributed by atoms with Crippen molar-refractivity contribution in [2.45, 2.75) is 0 Å². The molecule has 0 bridgehead atoms. The normalized spacial score (nSPS) is 7.75. The average molecular weight is 118 g/mol. The molecule has 0 heterocycles. The zero-order chi connectivity index (χ0) is 6.57. The minimum absolute atomic E-state index is 0.111. The molecule has 0 rings (SSSR count). The fourth-order valence-corrected chi connectivity index (χ4v) is 0.134. The molecule has 0 radical (unpaired) electrons. The number of nitrogens with one attached hydrogen (secondary N) is 1. The Labute approximate surface area is 45.7 Å². The third-order valence-electron chi connectivity index (χ3n) is 0.477. The lowest BCUT2D eigenvalue weighted by Crippen LogP contribution is -2.31. The van der Waals surface area contributed by atoms with Crippen molar-refractivity contribution in [2.75, 3.05) is 0 Å². The van der Waals surface area contributed by atoms with Gasteiger partial charge in [0.1, 0.15) is 0 Å². The Morgan fingerprint density at radius 3 is 2.50 bits per heavy atom. The van der Waals surface area contributed by atoms with Crippen molar-refractivity contribution in [3.63, 3.8) is 0 Å². The highest BCUT2D eigenvalue weighted by Gasteiger charge is 2.01. The standard InChI is InChI=1S/C3H6N2O3/c1-2-5(8)3(6)4-7/h2,7-8H,1H2,(H,4,6). The molecule has 0 spiro atoms. The number of amides is 2. The largest absolute Gasteiger partial charge is 0.369 e. The summed E-state index contributed by atoms with van der Waals surface area (Å²) in [7, 11) is 0. The van der Waals surface area contributed by atoms with Gasteiger partial charge in [0, 0.05) is 6.20 Å². The molecule has 0 atom stereocenters. The molecule has 0 aliphatic carbocycles. The molecule has 0 fully saturated rings. The van der Waals surface area contributed by atoms with Gasteiger partial charge >= 0.3 is 6.03 Å². The van der Waals surface area contributed by atoms with E-state index in [4.69, 9.17) is 10.4 Å². The number of carbonyl (C=O) groups excluding carboxylic acids is 1. The molecule has 0 aromatic heterocycles. The lowest BCUT2D eigenvalue weighted by molar-refractivity contribution is -0.0125. The molecule has 0 saturated carbocycles. The average Bonchev–Trinajstić information content (AvgIpc) is 1.84. The van der Waals surface area contributed by atoms with Gasteiger partial charge in [-0.2, -0.15) is 5.06 Å². The molecule has 2 amide bonds. The van der Waals surface area contributed by atoms with E-state index in [2.05, 4.69) is 6.58 Å². The van der Waals surface area contributed by atoms with Crippen LogP contribution in [0.25, 0.3) is 0 Å². The minimum atomic E-state index is -1.04. The summed E-state index contributed by atoms with van der Waals surface area (Å²) in [6.45, 7) is 3.03. The number of hydrogen-bond donors (Lipinski definition) is 3. The number of urea groups is 1. The molecular formula is C3H6N2O3. The van der Waals surface area contributed by atoms with Crippen LogP contribution in [0, 0.1) is 0 Å². The van der Waals surface area contributed by atoms with Gasteiger partial charge in [-0.05, 0) is 0 Å². The Morgan fingerprint density at radius 2 is 2.38 bits per heavy atom. The molecular weight excluding hydrogens is 112 g/mol. The fraction of sp³-hybridized carbons (Fsp3) is 0. The van der Waals surface area contributed by atoms with E-state index in [0.717, 1.165) is 6.20 Å². The van der Waals surface area contributed by atoms with Crippen molar-refractivity contribution in [3.8, 4) is 0 Å². The molecule has 0 saturated heterocycles. The Kier molecular flexibility index (Phi) is 2.60. The maximum atomic E-state index is 9.99. The molecule has 0 aromatic carbocycles. The summed E-state index contributed by atoms with van der Waals surface area (Å²) < 4.78 is 0. The minimum Gasteiger partial charge on any atom is -0.287 e. The van der Waals surface area contributed by atoms with E-state index in [1.807, 2.05) is 0 Å². The van der Waals surface area contributed by atoms with E-state index < -0.39 is 6.03 Å². The van der Waals surface area contributed by atoms with Crippen LogP contribution in [0.2, 0.25) is 0 Å². The van der Waals surface area contributed by atoms with Crippen LogP contribution in [0.4, 0.5) is 4.79 Å². The zero-order valence-electron chi connectivity index (χ0n) is 4.03. The van der Waals surface area contributed by atoms with Crippen LogP contribution in [-0.4, -0.2) is 21.5 Å². The van der Waals surface area contributed by atoms with Crippen molar-refractivity contribution < 1.29 is 15.2 Å². The second kappa shape index (κ2) is 3.00. The lowest BCUT2D eigenvalue weighted by atomic mass is 10.9. The molecule has 5 nitrogen and oxygen atoms in total. The zero-order valence-corrected chi connectivity index (χ0v) is 4.03. The molecule has 8 heavy (non-hydrogen) atoms. The summed E-state index contributed by atoms with van der Waals surface area (Å²) in [6.07, 6.45) is 0.839. The van der Waals surface area contributed by atoms with Gasteiger partial charge in [0.05, 0.1) is 0 Å². The van der Waals surface area contributed by atoms with Gasteiger partial charge in [-0.15, -0.1) is 0 Å². The third-order valence-corrected chi connectivity index (χ3v) is 0.477. The van der Waals surface area contributed by atoms with Gasteiger partial charge in [0.25, 0.3) is 0 Å². The number of nitrogens with zero attached hydrogens (tertiary/aromatic N) is 1. The SMILES string of the molecule is C=CN(O)C(=O)NO. The summed E-state index contributed by atoms with van der Waals surface area (Å²) in [4.78, 5) is 9.99. The Hall–Kier alpha value is -1.07. The maximum absolute atomic E-state index is 9.99. The molecule has 0 aromatic rings. The first kappa shape index (κ1) is 6.93. The molecule has 46 valence electrons. The summed E-state index contributed by atoms with van der Waals surface area (Å²) in [6, 6.07) is -1.04. The summed E-state index contributed by atoms with van der Waals surface area (Å²) in [5, 5.41) is 16.2. The van der Waals surface area contributed by atoms with Crippen molar-refractivity contribution in [2.24, 2.45) is 0 Å². The maximum Gasteiger partial charge on any atom is 0.369 e. The Morgan fingerprint density at radius 1 is 1.88 bits per heavy atom. The van der Waals surface area contributed by atoms with Crippen molar-refractivity contribution >= 4 is 6.03 Å². The molecule has 0 aliphatic rings. The Bertz CT molecular complexity index is 103. The van der Waals surface area contributed by atoms with Crippen LogP contribution in [0.15, 0.2) is 12.8 Å². The topological polar surface area (TPSA) is 72.8 Å². The monoisotopic (exact) mass is 118 g/mol. The molecule has 0 aliphatic heterocycles. The summed E-state index contributed by atoms with van der Waals surface area (Å²) >= 11 is 0. The number of rotatable bonds is 1. The van der Waals surface area contributed by atoms with E-state index in [1.54, 1.807) is 0 Å². The van der Waals surface area contributed by atoms with Crippen LogP contribution in [0.3, 0.4) is 0 Å². The Balaban J connectivity index is 3.62. The summed E-state index contributed by atoms with van der Waals surface area (Å²) in [5.41, 5.74) is 1.18. The molecule has 3 N–H and O–H groups in total. The van der Waals surface area contributed by atoms with Crippen LogP contribution in [-0.2, 0) is 0 Å². The van der Waals surface area contributed by atoms with Crippen LogP contribution >= 0.6 is 0 Å². The molecule has 0 unspecified atom stereocenters. The first-order valence-electron chi connectivity index (χ1n) is 1.77. The van der Waals surface area contributed by atoms with Gasteiger partial charge in [-0.3, -0.25) is 10.4 Å². The first-order valence-corrected chi connectivity index (χ1v) is 1.77. The van der Waals surface area contributed by atoms with Crippen molar-refractivity contribution in [1.29, 1.82) is 0 Å².